The predicted octanol–water partition coefficient (Wildman–Crippen LogP) is 4.48. The van der Waals surface area contributed by atoms with Gasteiger partial charge in [0.15, 0.2) is 5.79 Å². The Labute approximate surface area is 108 Å². The molecule has 0 aromatic rings. The molecular weight excluding hydrogens is 212 g/mol. The van der Waals surface area contributed by atoms with Crippen molar-refractivity contribution >= 4 is 0 Å². The van der Waals surface area contributed by atoms with Gasteiger partial charge in [-0.3, -0.25) is 0 Å². The van der Waals surface area contributed by atoms with Crippen molar-refractivity contribution in [1.29, 1.82) is 0 Å². The zero-order valence-corrected chi connectivity index (χ0v) is 12.9. The van der Waals surface area contributed by atoms with Gasteiger partial charge in [-0.1, -0.05) is 54.9 Å². The third-order valence-corrected chi connectivity index (χ3v) is 3.08. The Bertz CT molecular complexity index is 177. The molecule has 0 aliphatic rings. The SMILES string of the molecule is CCCCOC(OCC(C)C)(C(C)C)C(C)C. The summed E-state index contributed by atoms with van der Waals surface area (Å²) in [7, 11) is 0. The first-order chi connectivity index (χ1) is 7.86. The summed E-state index contributed by atoms with van der Waals surface area (Å²) in [6.07, 6.45) is 2.27. The Morgan fingerprint density at radius 1 is 0.882 bits per heavy atom. The lowest BCUT2D eigenvalue weighted by Gasteiger charge is -2.41. The van der Waals surface area contributed by atoms with E-state index in [1.165, 1.54) is 0 Å². The van der Waals surface area contributed by atoms with Crippen molar-refractivity contribution in [2.24, 2.45) is 17.8 Å². The van der Waals surface area contributed by atoms with E-state index in [0.717, 1.165) is 26.1 Å². The van der Waals surface area contributed by atoms with Crippen LogP contribution in [0.4, 0.5) is 0 Å². The maximum Gasteiger partial charge on any atom is 0.172 e. The molecule has 0 bridgehead atoms. The average molecular weight is 244 g/mol. The fraction of sp³-hybridized carbons (Fsp3) is 1.00. The van der Waals surface area contributed by atoms with Gasteiger partial charge in [-0.15, -0.1) is 0 Å². The minimum atomic E-state index is -0.417. The Morgan fingerprint density at radius 3 is 1.76 bits per heavy atom. The average Bonchev–Trinajstić information content (AvgIpc) is 2.22. The predicted molar refractivity (Wildman–Crippen MR) is 74.1 cm³/mol. The molecule has 0 atom stereocenters. The molecule has 0 unspecified atom stereocenters. The summed E-state index contributed by atoms with van der Waals surface area (Å²) in [4.78, 5) is 0. The molecule has 2 nitrogen and oxygen atoms in total. The number of rotatable bonds is 9. The van der Waals surface area contributed by atoms with E-state index in [1.807, 2.05) is 0 Å². The fourth-order valence-corrected chi connectivity index (χ4v) is 2.05. The van der Waals surface area contributed by atoms with E-state index in [1.54, 1.807) is 0 Å². The van der Waals surface area contributed by atoms with E-state index >= 15 is 0 Å². The maximum atomic E-state index is 6.14. The summed E-state index contributed by atoms with van der Waals surface area (Å²) in [5.74, 6) is 0.872. The van der Waals surface area contributed by atoms with Crippen molar-refractivity contribution < 1.29 is 9.47 Å². The van der Waals surface area contributed by atoms with Gasteiger partial charge in [0, 0.05) is 11.8 Å². The highest BCUT2D eigenvalue weighted by molar-refractivity contribution is 4.78. The van der Waals surface area contributed by atoms with Crippen LogP contribution in [-0.4, -0.2) is 19.0 Å². The molecule has 104 valence electrons. The number of hydrogen-bond acceptors (Lipinski definition) is 2. The number of unbranched alkanes of at least 4 members (excludes halogenated alkanes) is 1. The van der Waals surface area contributed by atoms with Crippen LogP contribution in [0, 0.1) is 17.8 Å². The van der Waals surface area contributed by atoms with Crippen LogP contribution in [0.15, 0.2) is 0 Å². The second-order valence-electron chi connectivity index (χ2n) is 5.94. The third-order valence-electron chi connectivity index (χ3n) is 3.08. The van der Waals surface area contributed by atoms with Crippen molar-refractivity contribution in [3.05, 3.63) is 0 Å². The largest absolute Gasteiger partial charge is 0.349 e. The molecule has 0 rings (SSSR count). The van der Waals surface area contributed by atoms with Crippen LogP contribution in [0.25, 0.3) is 0 Å². The van der Waals surface area contributed by atoms with Gasteiger partial charge in [-0.2, -0.15) is 0 Å². The lowest BCUT2D eigenvalue weighted by Crippen LogP contribution is -2.47. The van der Waals surface area contributed by atoms with E-state index in [0.29, 0.717) is 17.8 Å². The molecule has 0 aliphatic heterocycles. The molecule has 0 spiro atoms. The first-order valence-corrected chi connectivity index (χ1v) is 7.14. The first kappa shape index (κ1) is 16.9. The van der Waals surface area contributed by atoms with Crippen LogP contribution in [-0.2, 0) is 9.47 Å². The highest BCUT2D eigenvalue weighted by Gasteiger charge is 2.39. The minimum Gasteiger partial charge on any atom is -0.349 e. The topological polar surface area (TPSA) is 18.5 Å². The Hall–Kier alpha value is -0.0800. The van der Waals surface area contributed by atoms with Gasteiger partial charge >= 0.3 is 0 Å². The standard InChI is InChI=1S/C15H32O2/c1-8-9-10-16-15(13(4)5,14(6)7)17-11-12(2)3/h12-14H,8-11H2,1-7H3. The summed E-state index contributed by atoms with van der Waals surface area (Å²) < 4.78 is 12.3. The van der Waals surface area contributed by atoms with Gasteiger partial charge in [0.25, 0.3) is 0 Å². The molecule has 0 aromatic heterocycles. The van der Waals surface area contributed by atoms with Crippen molar-refractivity contribution in [3.63, 3.8) is 0 Å². The molecule has 0 radical (unpaired) electrons. The normalized spacial score (nSPS) is 13.1. The highest BCUT2D eigenvalue weighted by atomic mass is 16.7. The van der Waals surface area contributed by atoms with Crippen LogP contribution in [0.1, 0.15) is 61.3 Å². The molecule has 0 amide bonds. The van der Waals surface area contributed by atoms with E-state index in [-0.39, 0.29) is 0 Å². The van der Waals surface area contributed by atoms with E-state index in [4.69, 9.17) is 9.47 Å². The summed E-state index contributed by atoms with van der Waals surface area (Å²) in [6, 6.07) is 0. The van der Waals surface area contributed by atoms with Crippen molar-refractivity contribution in [3.8, 4) is 0 Å². The van der Waals surface area contributed by atoms with Gasteiger partial charge in [0.2, 0.25) is 0 Å². The molecule has 0 heterocycles. The van der Waals surface area contributed by atoms with Crippen LogP contribution in [0.2, 0.25) is 0 Å². The number of hydrogen-bond donors (Lipinski definition) is 0. The Kier molecular flexibility index (Phi) is 8.06. The summed E-state index contributed by atoms with van der Waals surface area (Å²) >= 11 is 0. The molecule has 0 fully saturated rings. The quantitative estimate of drug-likeness (QED) is 0.439. The Morgan fingerprint density at radius 2 is 1.41 bits per heavy atom. The van der Waals surface area contributed by atoms with Crippen molar-refractivity contribution in [2.75, 3.05) is 13.2 Å². The van der Waals surface area contributed by atoms with Crippen LogP contribution >= 0.6 is 0 Å². The summed E-state index contributed by atoms with van der Waals surface area (Å²) in [5, 5.41) is 0. The third kappa shape index (κ3) is 5.39. The zero-order chi connectivity index (χ0) is 13.5. The van der Waals surface area contributed by atoms with Crippen molar-refractivity contribution in [1.82, 2.24) is 0 Å². The fourth-order valence-electron chi connectivity index (χ4n) is 2.05. The van der Waals surface area contributed by atoms with Gasteiger partial charge in [-0.25, -0.2) is 0 Å². The van der Waals surface area contributed by atoms with E-state index in [9.17, 15) is 0 Å². The van der Waals surface area contributed by atoms with Crippen LogP contribution in [0.5, 0.6) is 0 Å². The van der Waals surface area contributed by atoms with Crippen LogP contribution in [0.3, 0.4) is 0 Å². The molecule has 0 N–H and O–H groups in total. The molecule has 17 heavy (non-hydrogen) atoms. The lowest BCUT2D eigenvalue weighted by molar-refractivity contribution is -0.289. The minimum absolute atomic E-state index is 0.373. The number of ether oxygens (including phenoxy) is 2. The van der Waals surface area contributed by atoms with Gasteiger partial charge < -0.3 is 9.47 Å². The molecule has 0 aliphatic carbocycles. The van der Waals surface area contributed by atoms with E-state index in [2.05, 4.69) is 48.5 Å². The monoisotopic (exact) mass is 244 g/mol. The van der Waals surface area contributed by atoms with Gasteiger partial charge in [0.1, 0.15) is 0 Å². The summed E-state index contributed by atoms with van der Waals surface area (Å²) in [5.41, 5.74) is 0. The molecular formula is C15H32O2. The molecule has 2 heteroatoms. The second kappa shape index (κ2) is 8.10. The van der Waals surface area contributed by atoms with Gasteiger partial charge in [-0.05, 0) is 12.3 Å². The summed E-state index contributed by atoms with van der Waals surface area (Å²) in [6.45, 7) is 16.9. The first-order valence-electron chi connectivity index (χ1n) is 7.14. The smallest absolute Gasteiger partial charge is 0.172 e. The molecule has 0 aromatic carbocycles. The second-order valence-corrected chi connectivity index (χ2v) is 5.94. The highest BCUT2D eigenvalue weighted by Crippen LogP contribution is 2.32. The Balaban J connectivity index is 4.62. The van der Waals surface area contributed by atoms with Crippen LogP contribution < -0.4 is 0 Å². The van der Waals surface area contributed by atoms with Gasteiger partial charge in [0.05, 0.1) is 13.2 Å². The molecule has 0 saturated carbocycles. The lowest BCUT2D eigenvalue weighted by atomic mass is 9.91. The molecule has 0 saturated heterocycles. The zero-order valence-electron chi connectivity index (χ0n) is 12.9. The maximum absolute atomic E-state index is 6.14. The van der Waals surface area contributed by atoms with Crippen molar-refractivity contribution in [2.45, 2.75) is 67.1 Å². The van der Waals surface area contributed by atoms with E-state index < -0.39 is 5.79 Å².